The van der Waals surface area contributed by atoms with Crippen LogP contribution < -0.4 is 15.4 Å². The fraction of sp³-hybridized carbons (Fsp3) is 0.143. The molecule has 0 aliphatic rings. The maximum absolute atomic E-state index is 11.7. The van der Waals surface area contributed by atoms with Gasteiger partial charge in [0.1, 0.15) is 0 Å². The van der Waals surface area contributed by atoms with E-state index in [1.807, 2.05) is 42.3 Å². The monoisotopic (exact) mass is 291 g/mol. The standard InChI is InChI=1S/C14H17N3O2S/c1-16-20(18,19)12-8-9-14(13(15)10-12)17(2)11-6-4-3-5-7-11/h3-10,16H,15H2,1-2H3. The highest BCUT2D eigenvalue weighted by molar-refractivity contribution is 7.89. The van der Waals surface area contributed by atoms with Gasteiger partial charge in [0.15, 0.2) is 0 Å². The van der Waals surface area contributed by atoms with Crippen LogP contribution >= 0.6 is 0 Å². The summed E-state index contributed by atoms with van der Waals surface area (Å²) in [6.45, 7) is 0. The van der Waals surface area contributed by atoms with E-state index in [0.29, 0.717) is 5.69 Å². The topological polar surface area (TPSA) is 75.4 Å². The van der Waals surface area contributed by atoms with Gasteiger partial charge in [-0.05, 0) is 37.4 Å². The SMILES string of the molecule is CNS(=O)(=O)c1ccc(N(C)c2ccccc2)c(N)c1. The van der Waals surface area contributed by atoms with Gasteiger partial charge in [-0.3, -0.25) is 0 Å². The van der Waals surface area contributed by atoms with Crippen molar-refractivity contribution in [1.29, 1.82) is 0 Å². The highest BCUT2D eigenvalue weighted by Crippen LogP contribution is 2.30. The van der Waals surface area contributed by atoms with Crippen LogP contribution in [-0.2, 0) is 10.0 Å². The van der Waals surface area contributed by atoms with Gasteiger partial charge < -0.3 is 10.6 Å². The predicted molar refractivity (Wildman–Crippen MR) is 81.6 cm³/mol. The maximum atomic E-state index is 11.7. The molecule has 0 aliphatic heterocycles. The lowest BCUT2D eigenvalue weighted by Gasteiger charge is -2.21. The van der Waals surface area contributed by atoms with Crippen molar-refractivity contribution in [3.8, 4) is 0 Å². The van der Waals surface area contributed by atoms with Gasteiger partial charge in [0, 0.05) is 12.7 Å². The van der Waals surface area contributed by atoms with Gasteiger partial charge in [0.25, 0.3) is 0 Å². The number of rotatable bonds is 4. The van der Waals surface area contributed by atoms with E-state index in [9.17, 15) is 8.42 Å². The van der Waals surface area contributed by atoms with Gasteiger partial charge in [-0.15, -0.1) is 0 Å². The zero-order chi connectivity index (χ0) is 14.8. The number of para-hydroxylation sites is 1. The molecule has 2 aromatic rings. The Labute approximate surface area is 119 Å². The van der Waals surface area contributed by atoms with E-state index in [1.54, 1.807) is 6.07 Å². The first-order valence-electron chi connectivity index (χ1n) is 6.07. The van der Waals surface area contributed by atoms with Crippen LogP contribution in [0.2, 0.25) is 0 Å². The molecule has 0 saturated heterocycles. The number of nitrogen functional groups attached to an aromatic ring is 1. The van der Waals surface area contributed by atoms with Crippen molar-refractivity contribution in [2.24, 2.45) is 0 Å². The van der Waals surface area contributed by atoms with Crippen LogP contribution in [0.5, 0.6) is 0 Å². The number of nitrogens with zero attached hydrogens (tertiary/aromatic N) is 1. The molecule has 5 nitrogen and oxygen atoms in total. The van der Waals surface area contributed by atoms with Gasteiger partial charge >= 0.3 is 0 Å². The molecule has 0 atom stereocenters. The van der Waals surface area contributed by atoms with Crippen LogP contribution in [0.3, 0.4) is 0 Å². The van der Waals surface area contributed by atoms with Crippen molar-refractivity contribution in [1.82, 2.24) is 4.72 Å². The molecule has 0 saturated carbocycles. The van der Waals surface area contributed by atoms with Gasteiger partial charge in [0.05, 0.1) is 16.3 Å². The number of anilines is 3. The molecule has 20 heavy (non-hydrogen) atoms. The third-order valence-electron chi connectivity index (χ3n) is 3.08. The molecule has 6 heteroatoms. The van der Waals surface area contributed by atoms with Crippen LogP contribution in [0.25, 0.3) is 0 Å². The Balaban J connectivity index is 2.41. The molecule has 0 aliphatic carbocycles. The first-order valence-corrected chi connectivity index (χ1v) is 7.56. The molecule has 0 heterocycles. The average molecular weight is 291 g/mol. The van der Waals surface area contributed by atoms with Crippen LogP contribution in [-0.4, -0.2) is 22.5 Å². The Bertz CT molecular complexity index is 700. The van der Waals surface area contributed by atoms with Crippen LogP contribution in [0.1, 0.15) is 0 Å². The molecular formula is C14H17N3O2S. The molecule has 0 unspecified atom stereocenters. The van der Waals surface area contributed by atoms with Gasteiger partial charge in [-0.25, -0.2) is 13.1 Å². The maximum Gasteiger partial charge on any atom is 0.240 e. The molecule has 0 amide bonds. The summed E-state index contributed by atoms with van der Waals surface area (Å²) < 4.78 is 25.7. The largest absolute Gasteiger partial charge is 0.397 e. The number of hydrogen-bond donors (Lipinski definition) is 2. The van der Waals surface area contributed by atoms with E-state index in [4.69, 9.17) is 5.73 Å². The minimum atomic E-state index is -3.48. The van der Waals surface area contributed by atoms with Crippen molar-refractivity contribution in [2.45, 2.75) is 4.90 Å². The van der Waals surface area contributed by atoms with E-state index < -0.39 is 10.0 Å². The molecule has 0 bridgehead atoms. The molecular weight excluding hydrogens is 274 g/mol. The lowest BCUT2D eigenvalue weighted by molar-refractivity contribution is 0.588. The molecule has 0 fully saturated rings. The molecule has 0 radical (unpaired) electrons. The van der Waals surface area contributed by atoms with Crippen molar-refractivity contribution in [3.63, 3.8) is 0 Å². The Morgan fingerprint density at radius 2 is 1.75 bits per heavy atom. The average Bonchev–Trinajstić information content (AvgIpc) is 2.47. The van der Waals surface area contributed by atoms with E-state index in [-0.39, 0.29) is 4.90 Å². The van der Waals surface area contributed by atoms with E-state index in [2.05, 4.69) is 4.72 Å². The molecule has 3 N–H and O–H groups in total. The van der Waals surface area contributed by atoms with Gasteiger partial charge in [-0.2, -0.15) is 0 Å². The van der Waals surface area contributed by atoms with Crippen molar-refractivity contribution in [3.05, 3.63) is 48.5 Å². The molecule has 0 spiro atoms. The van der Waals surface area contributed by atoms with Crippen molar-refractivity contribution >= 4 is 27.1 Å². The van der Waals surface area contributed by atoms with E-state index in [0.717, 1.165) is 11.4 Å². The lowest BCUT2D eigenvalue weighted by Crippen LogP contribution is -2.19. The molecule has 0 aromatic heterocycles. The summed E-state index contributed by atoms with van der Waals surface area (Å²) in [5.74, 6) is 0. The number of hydrogen-bond acceptors (Lipinski definition) is 4. The second kappa shape index (κ2) is 5.52. The summed E-state index contributed by atoms with van der Waals surface area (Å²) in [6.07, 6.45) is 0. The fourth-order valence-electron chi connectivity index (χ4n) is 1.91. The predicted octanol–water partition coefficient (Wildman–Crippen LogP) is 1.94. The summed E-state index contributed by atoms with van der Waals surface area (Å²) in [5.41, 5.74) is 8.12. The Morgan fingerprint density at radius 1 is 1.10 bits per heavy atom. The van der Waals surface area contributed by atoms with Crippen LogP contribution in [0.15, 0.2) is 53.4 Å². The number of nitrogens with two attached hydrogens (primary N) is 1. The smallest absolute Gasteiger partial charge is 0.240 e. The molecule has 106 valence electrons. The van der Waals surface area contributed by atoms with Gasteiger partial charge in [0.2, 0.25) is 10.0 Å². The first kappa shape index (κ1) is 14.4. The minimum Gasteiger partial charge on any atom is -0.397 e. The van der Waals surface area contributed by atoms with Crippen LogP contribution in [0, 0.1) is 0 Å². The molecule has 2 aromatic carbocycles. The fourth-order valence-corrected chi connectivity index (χ4v) is 2.68. The highest BCUT2D eigenvalue weighted by atomic mass is 32.2. The normalized spacial score (nSPS) is 11.3. The number of sulfonamides is 1. The van der Waals surface area contributed by atoms with Crippen molar-refractivity contribution < 1.29 is 8.42 Å². The summed E-state index contributed by atoms with van der Waals surface area (Å²) in [4.78, 5) is 2.06. The van der Waals surface area contributed by atoms with Crippen molar-refractivity contribution in [2.75, 3.05) is 24.7 Å². The first-order chi connectivity index (χ1) is 9.45. The Hall–Kier alpha value is -2.05. The number of nitrogens with one attached hydrogen (secondary N) is 1. The zero-order valence-corrected chi connectivity index (χ0v) is 12.2. The van der Waals surface area contributed by atoms with E-state index >= 15 is 0 Å². The molecule has 2 rings (SSSR count). The zero-order valence-electron chi connectivity index (χ0n) is 11.4. The second-order valence-corrected chi connectivity index (χ2v) is 6.21. The van der Waals surface area contributed by atoms with Crippen LogP contribution in [0.4, 0.5) is 17.1 Å². The lowest BCUT2D eigenvalue weighted by atomic mass is 10.2. The third kappa shape index (κ3) is 2.76. The summed E-state index contributed by atoms with van der Waals surface area (Å²) in [5, 5.41) is 0. The second-order valence-electron chi connectivity index (χ2n) is 4.32. The number of benzene rings is 2. The Morgan fingerprint density at radius 3 is 2.30 bits per heavy atom. The minimum absolute atomic E-state index is 0.155. The summed E-state index contributed by atoms with van der Waals surface area (Å²) >= 11 is 0. The third-order valence-corrected chi connectivity index (χ3v) is 4.49. The highest BCUT2D eigenvalue weighted by Gasteiger charge is 2.14. The van der Waals surface area contributed by atoms with E-state index in [1.165, 1.54) is 19.2 Å². The Kier molecular flexibility index (Phi) is 3.96. The summed E-state index contributed by atoms with van der Waals surface area (Å²) in [7, 11) is -0.224. The van der Waals surface area contributed by atoms with Gasteiger partial charge in [-0.1, -0.05) is 18.2 Å². The summed E-state index contributed by atoms with van der Waals surface area (Å²) in [6, 6.07) is 14.4. The quantitative estimate of drug-likeness (QED) is 0.844.